The Kier molecular flexibility index (Phi) is 14.0. The van der Waals surface area contributed by atoms with Crippen LogP contribution in [0.15, 0.2) is 84.9 Å². The number of hydrogen-bond donors (Lipinski definition) is 1. The second kappa shape index (κ2) is 14.4. The molecule has 0 saturated carbocycles. The zero-order chi connectivity index (χ0) is 20.9. The number of halogens is 2. The van der Waals surface area contributed by atoms with Crippen LogP contribution in [0.2, 0.25) is 0 Å². The fourth-order valence-corrected chi connectivity index (χ4v) is 3.76. The molecule has 0 aliphatic rings. The maximum absolute atomic E-state index is 8.57. The fourth-order valence-electron chi connectivity index (χ4n) is 3.42. The van der Waals surface area contributed by atoms with Crippen LogP contribution < -0.4 is 30.1 Å². The van der Waals surface area contributed by atoms with E-state index in [2.05, 4.69) is 82.3 Å². The summed E-state index contributed by atoms with van der Waals surface area (Å²) in [5, 5.41) is 3.72. The molecule has 0 fully saturated rings. The average molecular weight is 564 g/mol. The van der Waals surface area contributed by atoms with E-state index in [1.165, 1.54) is 33.0 Å². The van der Waals surface area contributed by atoms with Crippen molar-refractivity contribution < 1.29 is 55.9 Å². The fraction of sp³-hybridized carbons (Fsp3) is 0.222. The molecule has 0 spiro atoms. The largest absolute Gasteiger partial charge is 3.00 e. The first-order chi connectivity index (χ1) is 13.9. The summed E-state index contributed by atoms with van der Waals surface area (Å²) < 4.78 is 0. The quantitative estimate of drug-likeness (QED) is 0.291. The van der Waals surface area contributed by atoms with Crippen molar-refractivity contribution in [3.8, 4) is 11.1 Å². The monoisotopic (exact) mass is 561 g/mol. The second-order valence-electron chi connectivity index (χ2n) is 8.33. The molecule has 0 saturated heterocycles. The third-order valence-electron chi connectivity index (χ3n) is 5.18. The molecule has 32 heavy (non-hydrogen) atoms. The summed E-state index contributed by atoms with van der Waals surface area (Å²) in [5.41, 5.74) is 5.66. The van der Waals surface area contributed by atoms with Crippen molar-refractivity contribution >= 4 is 24.9 Å². The van der Waals surface area contributed by atoms with Gasteiger partial charge in [0.1, 0.15) is 0 Å². The average Bonchev–Trinajstić information content (AvgIpc) is 3.18. The van der Waals surface area contributed by atoms with Gasteiger partial charge in [-0.2, -0.15) is 6.07 Å². The summed E-state index contributed by atoms with van der Waals surface area (Å²) in [6.45, 7) is 8.99. The van der Waals surface area contributed by atoms with Crippen molar-refractivity contribution in [2.75, 3.05) is 0 Å². The van der Waals surface area contributed by atoms with Gasteiger partial charge < -0.3 is 29.7 Å². The third kappa shape index (κ3) is 8.16. The molecule has 1 radical (unpaired) electrons. The van der Waals surface area contributed by atoms with Gasteiger partial charge in [0.15, 0.2) is 0 Å². The summed E-state index contributed by atoms with van der Waals surface area (Å²) >= 11 is 0. The Bertz CT molecular complexity index is 1050. The molecule has 0 bridgehead atoms. The van der Waals surface area contributed by atoms with Crippen molar-refractivity contribution in [3.63, 3.8) is 0 Å². The van der Waals surface area contributed by atoms with Crippen molar-refractivity contribution in [1.82, 2.24) is 0 Å². The number of hydrogen-bond acceptors (Lipinski definition) is 1. The van der Waals surface area contributed by atoms with E-state index in [0.29, 0.717) is 0 Å². The van der Waals surface area contributed by atoms with Gasteiger partial charge >= 0.3 is 26.2 Å². The molecule has 1 atom stereocenters. The Morgan fingerprint density at radius 3 is 1.97 bits per heavy atom. The van der Waals surface area contributed by atoms with Gasteiger partial charge in [0.05, 0.1) is 0 Å². The Morgan fingerprint density at radius 2 is 1.47 bits per heavy atom. The van der Waals surface area contributed by atoms with Gasteiger partial charge in [-0.3, -0.25) is 0 Å². The molecular weight excluding hydrogens is 533 g/mol. The minimum Gasteiger partial charge on any atom is -1.00 e. The van der Waals surface area contributed by atoms with Gasteiger partial charge in [0.2, 0.25) is 0 Å². The normalized spacial score (nSPS) is 10.5. The first-order valence-electron chi connectivity index (χ1n) is 10.2. The number of fused-ring (bicyclic) bond motifs is 1. The zero-order valence-corrected chi connectivity index (χ0v) is 24.0. The van der Waals surface area contributed by atoms with Gasteiger partial charge in [-0.25, -0.2) is 0 Å². The van der Waals surface area contributed by atoms with E-state index in [-0.39, 0.29) is 65.2 Å². The summed E-state index contributed by atoms with van der Waals surface area (Å²) in [4.78, 5) is 8.57. The van der Waals surface area contributed by atoms with E-state index < -0.39 is 0 Å². The molecule has 4 aromatic rings. The summed E-state index contributed by atoms with van der Waals surface area (Å²) in [5.74, 6) is 0. The molecule has 0 aromatic heterocycles. The van der Waals surface area contributed by atoms with Crippen LogP contribution in [0.25, 0.3) is 21.9 Å². The van der Waals surface area contributed by atoms with Gasteiger partial charge in [-0.1, -0.05) is 93.9 Å². The van der Waals surface area contributed by atoms with Crippen LogP contribution in [0.3, 0.4) is 0 Å². The van der Waals surface area contributed by atoms with Crippen molar-refractivity contribution in [2.45, 2.75) is 39.5 Å². The second-order valence-corrected chi connectivity index (χ2v) is 9.13. The SMILES string of the molecule is CCc1cc2c(-c3ccc(C(C)(C)C)cc3)cccc2[cH-]1.OPc1ccccc1.[Cl-].[Cl-].[Zr+3]. The summed E-state index contributed by atoms with van der Waals surface area (Å²) in [7, 11) is -0.0700. The Morgan fingerprint density at radius 1 is 0.844 bits per heavy atom. The molecular formula is C27H30Cl2OPZr. The van der Waals surface area contributed by atoms with Gasteiger partial charge in [-0.15, -0.1) is 34.5 Å². The van der Waals surface area contributed by atoms with Gasteiger partial charge in [0.25, 0.3) is 0 Å². The van der Waals surface area contributed by atoms with E-state index in [0.717, 1.165) is 11.7 Å². The van der Waals surface area contributed by atoms with E-state index in [9.17, 15) is 0 Å². The Labute approximate surface area is 226 Å². The predicted octanol–water partition coefficient (Wildman–Crippen LogP) is 0.989. The van der Waals surface area contributed by atoms with Crippen LogP contribution in [0.1, 0.15) is 38.8 Å². The molecule has 0 aliphatic heterocycles. The van der Waals surface area contributed by atoms with Crippen molar-refractivity contribution in [3.05, 3.63) is 96.1 Å². The van der Waals surface area contributed by atoms with Gasteiger partial charge in [0, 0.05) is 8.81 Å². The topological polar surface area (TPSA) is 20.2 Å². The van der Waals surface area contributed by atoms with Crippen LogP contribution in [0.4, 0.5) is 0 Å². The van der Waals surface area contributed by atoms with Crippen molar-refractivity contribution in [1.29, 1.82) is 0 Å². The van der Waals surface area contributed by atoms with Crippen LogP contribution in [-0.4, -0.2) is 4.89 Å². The molecule has 0 aliphatic carbocycles. The molecule has 0 heterocycles. The Hall–Kier alpha value is -0.877. The minimum atomic E-state index is -0.0700. The van der Waals surface area contributed by atoms with E-state index in [4.69, 9.17) is 4.89 Å². The van der Waals surface area contributed by atoms with E-state index >= 15 is 0 Å². The molecule has 167 valence electrons. The van der Waals surface area contributed by atoms with Crippen LogP contribution in [0.5, 0.6) is 0 Å². The van der Waals surface area contributed by atoms with Crippen molar-refractivity contribution in [2.24, 2.45) is 0 Å². The standard InChI is InChI=1S/C21H23.C6H7OP.2ClH.Zr/c1-5-15-13-17-7-6-8-19(20(17)14-15)16-9-11-18(12-10-16)21(2,3)4;7-8-6-4-2-1-3-5-6;;;/h6-14H,5H2,1-4H3;1-5,7-8H;2*1H;/q-1;;;;+3/p-2. The number of benzene rings is 3. The first kappa shape index (κ1) is 31.1. The molecule has 1 N–H and O–H groups in total. The molecule has 4 aromatic carbocycles. The molecule has 0 amide bonds. The smallest absolute Gasteiger partial charge is 1.00 e. The molecule has 1 unspecified atom stereocenters. The molecule has 4 rings (SSSR count). The first-order valence-corrected chi connectivity index (χ1v) is 11.1. The third-order valence-corrected chi connectivity index (χ3v) is 5.78. The summed E-state index contributed by atoms with van der Waals surface area (Å²) in [6, 6.07) is 29.9. The summed E-state index contributed by atoms with van der Waals surface area (Å²) in [6.07, 6.45) is 1.09. The Balaban J connectivity index is 0.000000752. The maximum atomic E-state index is 8.57. The van der Waals surface area contributed by atoms with E-state index in [1.807, 2.05) is 30.3 Å². The van der Waals surface area contributed by atoms with Crippen LogP contribution in [-0.2, 0) is 38.0 Å². The minimum absolute atomic E-state index is 0. The number of aryl methyl sites for hydroxylation is 1. The maximum Gasteiger partial charge on any atom is 3.00 e. The predicted molar refractivity (Wildman–Crippen MR) is 130 cm³/mol. The zero-order valence-electron chi connectivity index (χ0n) is 19.0. The molecule has 1 nitrogen and oxygen atoms in total. The number of rotatable bonds is 3. The van der Waals surface area contributed by atoms with Gasteiger partial charge in [-0.05, 0) is 28.3 Å². The van der Waals surface area contributed by atoms with Crippen LogP contribution >= 0.6 is 8.81 Å². The molecule has 5 heteroatoms. The van der Waals surface area contributed by atoms with E-state index in [1.54, 1.807) is 0 Å². The van der Waals surface area contributed by atoms with Crippen LogP contribution in [0, 0.1) is 0 Å².